The number of para-hydroxylation sites is 5. The number of hydrogen-bond donors (Lipinski definition) is 0. The Hall–Kier alpha value is -9.19. The van der Waals surface area contributed by atoms with Crippen molar-refractivity contribution in [2.75, 3.05) is 0 Å². The highest BCUT2D eigenvalue weighted by Gasteiger charge is 2.31. The zero-order chi connectivity index (χ0) is 45.9. The van der Waals surface area contributed by atoms with E-state index in [9.17, 15) is 0 Å². The zero-order valence-corrected chi connectivity index (χ0v) is 38.2. The fourth-order valence-electron chi connectivity index (χ4n) is 12.0. The highest BCUT2D eigenvalue weighted by Crippen LogP contribution is 2.48. The summed E-state index contributed by atoms with van der Waals surface area (Å²) in [5.41, 5.74) is 21.1. The van der Waals surface area contributed by atoms with Gasteiger partial charge in [0, 0.05) is 66.2 Å². The number of pyridine rings is 1. The van der Waals surface area contributed by atoms with Crippen LogP contribution in [0, 0.1) is 0 Å². The Kier molecular flexibility index (Phi) is 8.42. The SMILES string of the molecule is c1ccc(-c2cccc(-c3cccc(-n4c5c(c6ccccc64)CCc4c-5n(-c5cccc(-n6c7ccccc7c7c6ccc6c8ccccc8n(-c8ccccc8)c67)c5)c5ccccc45)c3)n2)cc1. The predicted molar refractivity (Wildman–Crippen MR) is 290 cm³/mol. The number of benzene rings is 9. The quantitative estimate of drug-likeness (QED) is 0.164. The second kappa shape index (κ2) is 15.2. The van der Waals surface area contributed by atoms with Crippen molar-refractivity contribution in [2.45, 2.75) is 12.8 Å². The Bertz CT molecular complexity index is 4410. The molecule has 0 unspecified atom stereocenters. The molecule has 5 nitrogen and oxygen atoms in total. The molecule has 5 heteroatoms. The summed E-state index contributed by atoms with van der Waals surface area (Å²) in [6.07, 6.45) is 1.91. The van der Waals surface area contributed by atoms with Gasteiger partial charge >= 0.3 is 0 Å². The summed E-state index contributed by atoms with van der Waals surface area (Å²) < 4.78 is 10.0. The van der Waals surface area contributed by atoms with Crippen molar-refractivity contribution in [3.8, 4) is 56.7 Å². The van der Waals surface area contributed by atoms with Gasteiger partial charge in [0.1, 0.15) is 0 Å². The fraction of sp³-hybridized carbons (Fsp3) is 0.0308. The second-order valence-corrected chi connectivity index (χ2v) is 18.6. The lowest BCUT2D eigenvalue weighted by molar-refractivity contribution is 0.921. The van der Waals surface area contributed by atoms with Gasteiger partial charge in [-0.15, -0.1) is 0 Å². The number of nitrogens with zero attached hydrogens (tertiary/aromatic N) is 5. The molecule has 0 bridgehead atoms. The van der Waals surface area contributed by atoms with Crippen molar-refractivity contribution in [2.24, 2.45) is 0 Å². The van der Waals surface area contributed by atoms with Gasteiger partial charge in [-0.2, -0.15) is 0 Å². The maximum Gasteiger partial charge on any atom is 0.0744 e. The van der Waals surface area contributed by atoms with Crippen LogP contribution in [0.2, 0.25) is 0 Å². The maximum absolute atomic E-state index is 5.20. The molecule has 5 heterocycles. The van der Waals surface area contributed by atoms with Crippen molar-refractivity contribution < 1.29 is 0 Å². The highest BCUT2D eigenvalue weighted by atomic mass is 15.1. The molecule has 5 aromatic heterocycles. The molecule has 70 heavy (non-hydrogen) atoms. The maximum atomic E-state index is 5.20. The van der Waals surface area contributed by atoms with Crippen LogP contribution >= 0.6 is 0 Å². The van der Waals surface area contributed by atoms with E-state index in [1.165, 1.54) is 87.9 Å². The summed E-state index contributed by atoms with van der Waals surface area (Å²) >= 11 is 0. The molecule has 328 valence electrons. The Morgan fingerprint density at radius 1 is 0.286 bits per heavy atom. The van der Waals surface area contributed by atoms with Crippen LogP contribution < -0.4 is 0 Å². The first-order valence-corrected chi connectivity index (χ1v) is 24.3. The molecule has 0 spiro atoms. The van der Waals surface area contributed by atoms with Crippen LogP contribution in [0.1, 0.15) is 11.1 Å². The molecule has 0 N–H and O–H groups in total. The second-order valence-electron chi connectivity index (χ2n) is 18.6. The van der Waals surface area contributed by atoms with Gasteiger partial charge in [-0.1, -0.05) is 152 Å². The largest absolute Gasteiger partial charge is 0.309 e. The van der Waals surface area contributed by atoms with Crippen LogP contribution in [0.15, 0.2) is 237 Å². The van der Waals surface area contributed by atoms with E-state index < -0.39 is 0 Å². The van der Waals surface area contributed by atoms with Crippen LogP contribution in [-0.4, -0.2) is 23.3 Å². The Morgan fingerprint density at radius 3 is 1.40 bits per heavy atom. The van der Waals surface area contributed by atoms with E-state index in [1.807, 2.05) is 0 Å². The van der Waals surface area contributed by atoms with E-state index in [4.69, 9.17) is 4.98 Å². The van der Waals surface area contributed by atoms with Gasteiger partial charge in [-0.25, -0.2) is 4.98 Å². The van der Waals surface area contributed by atoms with Crippen LogP contribution in [0.5, 0.6) is 0 Å². The molecule has 0 fully saturated rings. The standard InChI is InChI=1S/C65H43N5/c1-3-18-42(19-4-1)55-30-17-31-56(66-55)43-20-15-23-45(40-43)69-58-33-12-8-27-49(58)52-36-37-53-50-28-9-13-34-59(50)70(65(53)64(52)69)47-25-16-24-46(41-47)67-60-35-14-10-29-54(60)62-61(67)39-38-51-48-26-7-11-32-57(48)68(63(51)62)44-21-5-2-6-22-44/h1-35,38-41H,36-37H2. The third-order valence-electron chi connectivity index (χ3n) is 14.9. The van der Waals surface area contributed by atoms with E-state index in [0.29, 0.717) is 0 Å². The van der Waals surface area contributed by atoms with Gasteiger partial charge in [-0.3, -0.25) is 0 Å². The van der Waals surface area contributed by atoms with E-state index in [2.05, 4.69) is 255 Å². The number of rotatable bonds is 6. The van der Waals surface area contributed by atoms with E-state index in [-0.39, 0.29) is 0 Å². The Morgan fingerprint density at radius 2 is 0.743 bits per heavy atom. The number of aromatic nitrogens is 5. The Balaban J connectivity index is 0.960. The van der Waals surface area contributed by atoms with Crippen molar-refractivity contribution in [3.63, 3.8) is 0 Å². The summed E-state index contributed by atoms with van der Waals surface area (Å²) in [4.78, 5) is 5.20. The van der Waals surface area contributed by atoms with Crippen molar-refractivity contribution in [1.82, 2.24) is 23.3 Å². The van der Waals surface area contributed by atoms with Gasteiger partial charge in [0.15, 0.2) is 0 Å². The topological polar surface area (TPSA) is 32.6 Å². The third-order valence-corrected chi connectivity index (χ3v) is 14.9. The van der Waals surface area contributed by atoms with E-state index in [0.717, 1.165) is 58.1 Å². The molecule has 15 rings (SSSR count). The fourth-order valence-corrected chi connectivity index (χ4v) is 12.0. The lowest BCUT2D eigenvalue weighted by Crippen LogP contribution is -2.10. The first kappa shape index (κ1) is 38.9. The molecule has 14 aromatic rings. The molecular formula is C65H43N5. The minimum Gasteiger partial charge on any atom is -0.309 e. The lowest BCUT2D eigenvalue weighted by Gasteiger charge is -2.22. The zero-order valence-electron chi connectivity index (χ0n) is 38.2. The van der Waals surface area contributed by atoms with Crippen LogP contribution in [0.4, 0.5) is 0 Å². The predicted octanol–water partition coefficient (Wildman–Crippen LogP) is 16.3. The first-order valence-electron chi connectivity index (χ1n) is 24.3. The average molecular weight is 894 g/mol. The molecular weight excluding hydrogens is 851 g/mol. The summed E-state index contributed by atoms with van der Waals surface area (Å²) in [5.74, 6) is 0. The monoisotopic (exact) mass is 893 g/mol. The summed E-state index contributed by atoms with van der Waals surface area (Å²) in [6.45, 7) is 0. The molecule has 0 amide bonds. The Labute approximate surface area is 404 Å². The molecule has 1 aliphatic rings. The minimum absolute atomic E-state index is 0.951. The number of hydrogen-bond acceptors (Lipinski definition) is 1. The van der Waals surface area contributed by atoms with Gasteiger partial charge in [-0.05, 0) is 109 Å². The summed E-state index contributed by atoms with van der Waals surface area (Å²) in [7, 11) is 0. The molecule has 0 saturated heterocycles. The molecule has 0 atom stereocenters. The summed E-state index contributed by atoms with van der Waals surface area (Å²) in [6, 6.07) is 86.2. The van der Waals surface area contributed by atoms with Gasteiger partial charge < -0.3 is 18.3 Å². The smallest absolute Gasteiger partial charge is 0.0744 e. The third kappa shape index (κ3) is 5.63. The molecule has 0 saturated carbocycles. The molecule has 9 aromatic carbocycles. The number of aryl methyl sites for hydroxylation is 2. The first-order chi connectivity index (χ1) is 34.8. The van der Waals surface area contributed by atoms with Crippen LogP contribution in [0.25, 0.3) is 122 Å². The normalized spacial score (nSPS) is 12.5. The highest BCUT2D eigenvalue weighted by molar-refractivity contribution is 6.26. The van der Waals surface area contributed by atoms with Crippen molar-refractivity contribution in [1.29, 1.82) is 0 Å². The van der Waals surface area contributed by atoms with E-state index >= 15 is 0 Å². The number of fused-ring (bicyclic) bond motifs is 14. The summed E-state index contributed by atoms with van der Waals surface area (Å²) in [5, 5.41) is 7.59. The van der Waals surface area contributed by atoms with Crippen LogP contribution in [-0.2, 0) is 12.8 Å². The molecule has 1 aliphatic carbocycles. The van der Waals surface area contributed by atoms with E-state index in [1.54, 1.807) is 0 Å². The van der Waals surface area contributed by atoms with Crippen molar-refractivity contribution in [3.05, 3.63) is 248 Å². The minimum atomic E-state index is 0.951. The molecule has 0 aliphatic heterocycles. The van der Waals surface area contributed by atoms with Crippen molar-refractivity contribution >= 4 is 65.4 Å². The van der Waals surface area contributed by atoms with Crippen LogP contribution in [0.3, 0.4) is 0 Å². The van der Waals surface area contributed by atoms with Gasteiger partial charge in [0.05, 0.1) is 55.9 Å². The lowest BCUT2D eigenvalue weighted by atomic mass is 9.92. The van der Waals surface area contributed by atoms with Gasteiger partial charge in [0.2, 0.25) is 0 Å². The molecule has 0 radical (unpaired) electrons. The van der Waals surface area contributed by atoms with Gasteiger partial charge in [0.25, 0.3) is 0 Å². The average Bonchev–Trinajstić information content (AvgIpc) is 4.17.